The van der Waals surface area contributed by atoms with Crippen LogP contribution in [0.2, 0.25) is 0 Å². The molecule has 0 aliphatic heterocycles. The Morgan fingerprint density at radius 1 is 1.00 bits per heavy atom. The quantitative estimate of drug-likeness (QED) is 0.620. The molecule has 0 saturated carbocycles. The number of hydrogen-bond donors (Lipinski definition) is 1. The van der Waals surface area contributed by atoms with Crippen LogP contribution in [0.15, 0.2) is 53.4 Å². The second kappa shape index (κ2) is 8.06. The van der Waals surface area contributed by atoms with Crippen LogP contribution < -0.4 is 4.72 Å². The van der Waals surface area contributed by atoms with Gasteiger partial charge in [0.2, 0.25) is 0 Å². The first-order chi connectivity index (χ1) is 10.5. The highest BCUT2D eigenvalue weighted by Gasteiger charge is 2.07. The van der Waals surface area contributed by atoms with E-state index in [1.807, 2.05) is 12.1 Å². The van der Waals surface area contributed by atoms with E-state index >= 15 is 0 Å². The Kier molecular flexibility index (Phi) is 6.10. The third-order valence-corrected chi connectivity index (χ3v) is 4.58. The predicted octanol–water partition coefficient (Wildman–Crippen LogP) is 4.58. The molecule has 0 atom stereocenters. The van der Waals surface area contributed by atoms with E-state index in [1.165, 1.54) is 24.4 Å². The molecule has 1 N–H and O–H groups in total. The van der Waals surface area contributed by atoms with Crippen molar-refractivity contribution in [2.45, 2.75) is 18.7 Å². The fraction of sp³-hybridized carbons (Fsp3) is 0.176. The Hall–Kier alpha value is -1.72. The van der Waals surface area contributed by atoms with Crippen molar-refractivity contribution in [3.63, 3.8) is 0 Å². The Bertz CT molecular complexity index is 651. The van der Waals surface area contributed by atoms with E-state index < -0.39 is 0 Å². The molecule has 5 heteroatoms. The van der Waals surface area contributed by atoms with Gasteiger partial charge in [0.05, 0.1) is 5.75 Å². The maximum absolute atomic E-state index is 11.9. The molecule has 2 aromatic carbocycles. The first-order valence-electron chi connectivity index (χ1n) is 6.81. The summed E-state index contributed by atoms with van der Waals surface area (Å²) in [6.07, 6.45) is 0. The number of hydrogen-bond acceptors (Lipinski definition) is 5. The molecule has 2 rings (SSSR count). The van der Waals surface area contributed by atoms with Crippen molar-refractivity contribution in [3.8, 4) is 0 Å². The minimum absolute atomic E-state index is 0.0297. The number of ketones is 1. The summed E-state index contributed by atoms with van der Waals surface area (Å²) >= 11 is 2.57. The van der Waals surface area contributed by atoms with Crippen LogP contribution >= 0.6 is 23.7 Å². The number of benzene rings is 2. The molecular formula is C17H17NO2S2. The van der Waals surface area contributed by atoms with Gasteiger partial charge < -0.3 is 4.72 Å². The molecular weight excluding hydrogens is 314 g/mol. The van der Waals surface area contributed by atoms with E-state index in [0.717, 1.165) is 22.3 Å². The van der Waals surface area contributed by atoms with Crippen LogP contribution in [0, 0.1) is 6.92 Å². The molecule has 2 aromatic rings. The number of carbonyl (C=O) groups excluding carboxylic acids is 2. The van der Waals surface area contributed by atoms with E-state index in [1.54, 1.807) is 12.1 Å². The molecule has 0 aliphatic carbocycles. The van der Waals surface area contributed by atoms with Crippen LogP contribution in [0.4, 0.5) is 5.69 Å². The average Bonchev–Trinajstić information content (AvgIpc) is 2.52. The first kappa shape index (κ1) is 16.6. The fourth-order valence-corrected chi connectivity index (χ4v) is 2.84. The average molecular weight is 331 g/mol. The maximum atomic E-state index is 11.9. The van der Waals surface area contributed by atoms with Gasteiger partial charge in [0.25, 0.3) is 0 Å². The van der Waals surface area contributed by atoms with Crippen LogP contribution in [-0.4, -0.2) is 16.7 Å². The van der Waals surface area contributed by atoms with Gasteiger partial charge in [0, 0.05) is 23.1 Å². The molecule has 0 saturated heterocycles. The zero-order valence-corrected chi connectivity index (χ0v) is 14.1. The smallest absolute Gasteiger partial charge is 0.186 e. The predicted molar refractivity (Wildman–Crippen MR) is 94.6 cm³/mol. The molecule has 22 heavy (non-hydrogen) atoms. The van der Waals surface area contributed by atoms with E-state index in [9.17, 15) is 9.59 Å². The summed E-state index contributed by atoms with van der Waals surface area (Å²) < 4.78 is 3.24. The molecule has 0 radical (unpaired) electrons. The van der Waals surface area contributed by atoms with Crippen LogP contribution in [0.1, 0.15) is 22.8 Å². The minimum Gasteiger partial charge on any atom is -0.326 e. The third kappa shape index (κ3) is 5.24. The van der Waals surface area contributed by atoms with Gasteiger partial charge in [-0.05, 0) is 55.3 Å². The maximum Gasteiger partial charge on any atom is 0.186 e. The topological polar surface area (TPSA) is 46.2 Å². The van der Waals surface area contributed by atoms with E-state index in [2.05, 4.69) is 35.9 Å². The highest BCUT2D eigenvalue weighted by molar-refractivity contribution is 8.14. The molecule has 0 heterocycles. The standard InChI is InChI=1S/C17H17NO2S2/c1-12-3-9-16(10-4-12)22-18-15-7-5-14(6-8-15)17(20)11-21-13(2)19/h3-10,18H,11H2,1-2H3. The monoisotopic (exact) mass is 331 g/mol. The second-order valence-corrected chi connectivity index (χ2v) is 6.83. The summed E-state index contributed by atoms with van der Waals surface area (Å²) in [5, 5.41) is -0.0406. The fourth-order valence-electron chi connectivity index (χ4n) is 1.70. The number of rotatable bonds is 6. The lowest BCUT2D eigenvalue weighted by Gasteiger charge is -2.06. The zero-order valence-electron chi connectivity index (χ0n) is 12.5. The molecule has 114 valence electrons. The number of thioether (sulfide) groups is 1. The molecule has 0 amide bonds. The summed E-state index contributed by atoms with van der Waals surface area (Å²) in [6.45, 7) is 3.52. The number of anilines is 1. The van der Waals surface area contributed by atoms with E-state index in [0.29, 0.717) is 5.56 Å². The van der Waals surface area contributed by atoms with Gasteiger partial charge in [-0.25, -0.2) is 0 Å². The van der Waals surface area contributed by atoms with Gasteiger partial charge in [0.15, 0.2) is 10.9 Å². The molecule has 0 aliphatic rings. The minimum atomic E-state index is -0.0406. The highest BCUT2D eigenvalue weighted by atomic mass is 32.2. The van der Waals surface area contributed by atoms with Crippen molar-refractivity contribution in [2.75, 3.05) is 10.5 Å². The van der Waals surface area contributed by atoms with Gasteiger partial charge in [-0.1, -0.05) is 29.5 Å². The van der Waals surface area contributed by atoms with Crippen molar-refractivity contribution in [1.29, 1.82) is 0 Å². The molecule has 0 fully saturated rings. The molecule has 0 unspecified atom stereocenters. The van der Waals surface area contributed by atoms with Crippen molar-refractivity contribution < 1.29 is 9.59 Å². The normalized spacial score (nSPS) is 10.3. The SMILES string of the molecule is CC(=O)SCC(=O)c1ccc(NSc2ccc(C)cc2)cc1. The van der Waals surface area contributed by atoms with E-state index in [4.69, 9.17) is 0 Å². The van der Waals surface area contributed by atoms with Crippen molar-refractivity contribution in [2.24, 2.45) is 0 Å². The molecule has 0 spiro atoms. The van der Waals surface area contributed by atoms with Crippen LogP contribution in [-0.2, 0) is 4.79 Å². The van der Waals surface area contributed by atoms with Gasteiger partial charge >= 0.3 is 0 Å². The summed E-state index contributed by atoms with van der Waals surface area (Å²) in [5.74, 6) is 0.165. The molecule has 0 bridgehead atoms. The number of carbonyl (C=O) groups is 2. The molecule has 3 nitrogen and oxygen atoms in total. The zero-order chi connectivity index (χ0) is 15.9. The summed E-state index contributed by atoms with van der Waals surface area (Å²) in [7, 11) is 0. The van der Waals surface area contributed by atoms with Crippen LogP contribution in [0.3, 0.4) is 0 Å². The van der Waals surface area contributed by atoms with Crippen molar-refractivity contribution >= 4 is 40.3 Å². The first-order valence-corrected chi connectivity index (χ1v) is 8.61. The Balaban J connectivity index is 1.90. The number of aryl methyl sites for hydroxylation is 1. The third-order valence-electron chi connectivity index (χ3n) is 2.92. The van der Waals surface area contributed by atoms with E-state index in [-0.39, 0.29) is 16.7 Å². The van der Waals surface area contributed by atoms with Crippen molar-refractivity contribution in [1.82, 2.24) is 0 Å². The second-order valence-electron chi connectivity index (χ2n) is 4.80. The van der Waals surface area contributed by atoms with Gasteiger partial charge in [-0.3, -0.25) is 9.59 Å². The lowest BCUT2D eigenvalue weighted by Crippen LogP contribution is -2.03. The highest BCUT2D eigenvalue weighted by Crippen LogP contribution is 2.22. The summed E-state index contributed by atoms with van der Waals surface area (Å²) in [6, 6.07) is 15.5. The van der Waals surface area contributed by atoms with Gasteiger partial charge in [-0.2, -0.15) is 0 Å². The van der Waals surface area contributed by atoms with Crippen molar-refractivity contribution in [3.05, 3.63) is 59.7 Å². The number of nitrogens with one attached hydrogen (secondary N) is 1. The Labute approximate surface area is 139 Å². The lowest BCUT2D eigenvalue weighted by molar-refractivity contribution is -0.109. The largest absolute Gasteiger partial charge is 0.326 e. The Morgan fingerprint density at radius 3 is 2.23 bits per heavy atom. The number of Topliss-reactive ketones (excluding diaryl/α,β-unsaturated/α-hetero) is 1. The van der Waals surface area contributed by atoms with Gasteiger partial charge in [-0.15, -0.1) is 0 Å². The molecule has 0 aromatic heterocycles. The Morgan fingerprint density at radius 2 is 1.64 bits per heavy atom. The summed E-state index contributed by atoms with van der Waals surface area (Å²) in [4.78, 5) is 23.9. The van der Waals surface area contributed by atoms with Crippen LogP contribution in [0.25, 0.3) is 0 Å². The lowest BCUT2D eigenvalue weighted by atomic mass is 10.1. The summed E-state index contributed by atoms with van der Waals surface area (Å²) in [5.41, 5.74) is 2.79. The van der Waals surface area contributed by atoms with Gasteiger partial charge in [0.1, 0.15) is 0 Å². The van der Waals surface area contributed by atoms with Crippen LogP contribution in [0.5, 0.6) is 0 Å².